The average molecular weight is 523 g/mol. The van der Waals surface area contributed by atoms with E-state index in [2.05, 4.69) is 5.32 Å². The van der Waals surface area contributed by atoms with Crippen molar-refractivity contribution in [2.24, 2.45) is 5.92 Å². The lowest BCUT2D eigenvalue weighted by Crippen LogP contribution is -2.56. The first-order chi connectivity index (χ1) is 17.7. The lowest BCUT2D eigenvalue weighted by atomic mass is 9.99. The van der Waals surface area contributed by atoms with Crippen LogP contribution in [-0.2, 0) is 36.8 Å². The van der Waals surface area contributed by atoms with E-state index in [0.29, 0.717) is 0 Å². The molecule has 0 bridgehead atoms. The molecule has 0 saturated heterocycles. The zero-order valence-electron chi connectivity index (χ0n) is 21.6. The molecular formula is C29H34N2O5S. The monoisotopic (exact) mass is 522 g/mol. The highest BCUT2D eigenvalue weighted by Gasteiger charge is 2.38. The van der Waals surface area contributed by atoms with Crippen molar-refractivity contribution in [2.45, 2.75) is 64.0 Å². The van der Waals surface area contributed by atoms with Gasteiger partial charge in [0, 0.05) is 19.0 Å². The number of benzene rings is 2. The number of carbonyl (C=O) groups excluding carboxylic acids is 4. The molecule has 2 amide bonds. The van der Waals surface area contributed by atoms with Gasteiger partial charge in [-0.15, -0.1) is 11.8 Å². The zero-order valence-corrected chi connectivity index (χ0v) is 22.4. The van der Waals surface area contributed by atoms with Gasteiger partial charge in [0.2, 0.25) is 11.8 Å². The summed E-state index contributed by atoms with van der Waals surface area (Å²) in [7, 11) is 0. The largest absolute Gasteiger partial charge is 0.457 e. The van der Waals surface area contributed by atoms with Crippen LogP contribution in [0, 0.1) is 5.92 Å². The van der Waals surface area contributed by atoms with Gasteiger partial charge in [0.25, 0.3) is 5.78 Å². The third-order valence-electron chi connectivity index (χ3n) is 5.92. The van der Waals surface area contributed by atoms with E-state index in [4.69, 9.17) is 4.74 Å². The molecule has 1 heterocycles. The minimum absolute atomic E-state index is 0.0728. The van der Waals surface area contributed by atoms with Crippen molar-refractivity contribution >= 4 is 35.3 Å². The second kappa shape index (κ2) is 13.2. The van der Waals surface area contributed by atoms with Crippen molar-refractivity contribution in [3.8, 4) is 0 Å². The van der Waals surface area contributed by atoms with Crippen molar-refractivity contribution < 1.29 is 23.9 Å². The Balaban J connectivity index is 1.91. The van der Waals surface area contributed by atoms with E-state index in [9.17, 15) is 19.2 Å². The van der Waals surface area contributed by atoms with E-state index in [-0.39, 0.29) is 29.9 Å². The summed E-state index contributed by atoms with van der Waals surface area (Å²) in [6, 6.07) is 16.5. The van der Waals surface area contributed by atoms with Crippen molar-refractivity contribution in [2.75, 3.05) is 0 Å². The van der Waals surface area contributed by atoms with E-state index in [0.717, 1.165) is 11.1 Å². The van der Waals surface area contributed by atoms with Crippen LogP contribution in [0.15, 0.2) is 72.3 Å². The number of nitrogens with one attached hydrogen (secondary N) is 1. The highest BCUT2D eigenvalue weighted by molar-refractivity contribution is 8.03. The number of hydrogen-bond acceptors (Lipinski definition) is 6. The van der Waals surface area contributed by atoms with Gasteiger partial charge in [0.15, 0.2) is 0 Å². The molecule has 8 heteroatoms. The summed E-state index contributed by atoms with van der Waals surface area (Å²) in [4.78, 5) is 54.2. The third-order valence-corrected chi connectivity index (χ3v) is 7.24. The summed E-state index contributed by atoms with van der Waals surface area (Å²) >= 11 is 1.43. The van der Waals surface area contributed by atoms with E-state index < -0.39 is 35.8 Å². The van der Waals surface area contributed by atoms with Crippen LogP contribution in [0.1, 0.15) is 38.8 Å². The van der Waals surface area contributed by atoms with Gasteiger partial charge < -0.3 is 15.0 Å². The van der Waals surface area contributed by atoms with Gasteiger partial charge in [-0.25, -0.2) is 4.79 Å². The normalized spacial score (nSPS) is 17.0. The molecule has 0 aromatic heterocycles. The Hall–Kier alpha value is -3.39. The van der Waals surface area contributed by atoms with Crippen LogP contribution < -0.4 is 5.32 Å². The summed E-state index contributed by atoms with van der Waals surface area (Å²) in [6.07, 6.45) is 1.52. The summed E-state index contributed by atoms with van der Waals surface area (Å²) in [5, 5.41) is 4.28. The average Bonchev–Trinajstić information content (AvgIpc) is 2.87. The molecule has 196 valence electrons. The maximum atomic E-state index is 13.8. The topological polar surface area (TPSA) is 92.8 Å². The van der Waals surface area contributed by atoms with E-state index in [1.807, 2.05) is 79.9 Å². The van der Waals surface area contributed by atoms with Crippen molar-refractivity contribution in [3.05, 3.63) is 83.4 Å². The Morgan fingerprint density at radius 3 is 2.03 bits per heavy atom. The van der Waals surface area contributed by atoms with Crippen LogP contribution in [0.5, 0.6) is 0 Å². The highest BCUT2D eigenvalue weighted by Crippen LogP contribution is 2.29. The number of nitrogens with zero attached hydrogens (tertiary/aromatic N) is 1. The Morgan fingerprint density at radius 2 is 1.49 bits per heavy atom. The summed E-state index contributed by atoms with van der Waals surface area (Å²) < 4.78 is 5.12. The number of ether oxygens (including phenoxy) is 1. The second-order valence-electron chi connectivity index (χ2n) is 9.61. The molecular weight excluding hydrogens is 488 g/mol. The molecule has 37 heavy (non-hydrogen) atoms. The van der Waals surface area contributed by atoms with Crippen LogP contribution in [0.25, 0.3) is 0 Å². The van der Waals surface area contributed by atoms with Crippen LogP contribution in [0.3, 0.4) is 0 Å². The smallest absolute Gasteiger partial charge is 0.377 e. The lowest BCUT2D eigenvalue weighted by Gasteiger charge is -2.35. The Kier molecular flexibility index (Phi) is 10.1. The van der Waals surface area contributed by atoms with Gasteiger partial charge in [-0.2, -0.15) is 0 Å². The molecule has 2 aromatic carbocycles. The van der Waals surface area contributed by atoms with Crippen LogP contribution in [-0.4, -0.2) is 51.9 Å². The Labute approximate surface area is 222 Å². The predicted molar refractivity (Wildman–Crippen MR) is 144 cm³/mol. The highest BCUT2D eigenvalue weighted by atomic mass is 32.2. The van der Waals surface area contributed by atoms with E-state index >= 15 is 0 Å². The standard InChI is InChI=1S/C29H34N2O5S/c1-19(2)26-28(34)31(15-16-37-26)24(18-22-13-9-6-10-14-22)27(33)30-23(17-21-11-7-5-8-12-21)25(32)29(35)36-20(3)4/h5-16,19-20,23-24,26H,17-18H2,1-4H3,(H,30,33)/t23-,24?,26?/m0/s1. The minimum Gasteiger partial charge on any atom is -0.457 e. The van der Waals surface area contributed by atoms with Crippen molar-refractivity contribution in [1.29, 1.82) is 0 Å². The first-order valence-electron chi connectivity index (χ1n) is 12.4. The molecule has 2 unspecified atom stereocenters. The molecule has 0 spiro atoms. The van der Waals surface area contributed by atoms with Crippen molar-refractivity contribution in [3.63, 3.8) is 0 Å². The first kappa shape index (κ1) is 28.2. The molecule has 0 saturated carbocycles. The molecule has 0 fully saturated rings. The number of thioether (sulfide) groups is 1. The molecule has 0 radical (unpaired) electrons. The second-order valence-corrected chi connectivity index (χ2v) is 10.7. The molecule has 0 aliphatic carbocycles. The molecule has 3 atom stereocenters. The predicted octanol–water partition coefficient (Wildman–Crippen LogP) is 3.92. The van der Waals surface area contributed by atoms with Gasteiger partial charge in [-0.3, -0.25) is 14.4 Å². The maximum Gasteiger partial charge on any atom is 0.377 e. The van der Waals surface area contributed by atoms with Gasteiger partial charge in [-0.1, -0.05) is 74.5 Å². The molecule has 3 rings (SSSR count). The fourth-order valence-corrected chi connectivity index (χ4v) is 4.98. The number of amides is 2. The molecule has 1 N–H and O–H groups in total. The lowest BCUT2D eigenvalue weighted by molar-refractivity contribution is -0.158. The van der Waals surface area contributed by atoms with Gasteiger partial charge in [0.1, 0.15) is 12.1 Å². The van der Waals surface area contributed by atoms with Gasteiger partial charge in [0.05, 0.1) is 11.4 Å². The molecule has 1 aliphatic rings. The van der Waals surface area contributed by atoms with Crippen LogP contribution in [0.4, 0.5) is 0 Å². The molecule has 1 aliphatic heterocycles. The van der Waals surface area contributed by atoms with Gasteiger partial charge >= 0.3 is 5.97 Å². The Bertz CT molecular complexity index is 1120. The molecule has 7 nitrogen and oxygen atoms in total. The minimum atomic E-state index is -1.14. The number of Topliss-reactive ketones (excluding diaryl/α,β-unsaturated/α-hetero) is 1. The fourth-order valence-electron chi connectivity index (χ4n) is 4.06. The van der Waals surface area contributed by atoms with Crippen molar-refractivity contribution in [1.82, 2.24) is 10.2 Å². The summed E-state index contributed by atoms with van der Waals surface area (Å²) in [5.74, 6) is -2.43. The quantitative estimate of drug-likeness (QED) is 0.355. The number of hydrogen-bond donors (Lipinski definition) is 1. The first-order valence-corrected chi connectivity index (χ1v) is 13.4. The number of ketones is 1. The number of carbonyl (C=O) groups is 4. The van der Waals surface area contributed by atoms with E-state index in [1.165, 1.54) is 16.7 Å². The van der Waals surface area contributed by atoms with Crippen LogP contribution in [0.2, 0.25) is 0 Å². The molecule has 2 aromatic rings. The van der Waals surface area contributed by atoms with E-state index in [1.54, 1.807) is 20.0 Å². The Morgan fingerprint density at radius 1 is 0.919 bits per heavy atom. The fraction of sp³-hybridized carbons (Fsp3) is 0.379. The third kappa shape index (κ3) is 7.79. The number of esters is 1. The summed E-state index contributed by atoms with van der Waals surface area (Å²) in [5.41, 5.74) is 1.65. The zero-order chi connectivity index (χ0) is 26.9. The van der Waals surface area contributed by atoms with Crippen LogP contribution >= 0.6 is 11.8 Å². The summed E-state index contributed by atoms with van der Waals surface area (Å²) in [6.45, 7) is 7.24. The maximum absolute atomic E-state index is 13.8. The van der Waals surface area contributed by atoms with Gasteiger partial charge in [-0.05, 0) is 36.3 Å². The number of rotatable bonds is 11. The SMILES string of the molecule is CC(C)OC(=O)C(=O)[C@H](Cc1ccccc1)NC(=O)C(Cc1ccccc1)N1C=CSC(C(C)C)C1=O.